The van der Waals surface area contributed by atoms with Crippen molar-refractivity contribution < 1.29 is 24.2 Å². The summed E-state index contributed by atoms with van der Waals surface area (Å²) < 4.78 is 11.6. The van der Waals surface area contributed by atoms with E-state index >= 15 is 0 Å². The van der Waals surface area contributed by atoms with Gasteiger partial charge in [-0.3, -0.25) is 9.59 Å². The van der Waals surface area contributed by atoms with E-state index in [4.69, 9.17) is 9.47 Å². The zero-order valence-electron chi connectivity index (χ0n) is 23.4. The van der Waals surface area contributed by atoms with Crippen LogP contribution in [0.2, 0.25) is 0 Å². The fraction of sp³-hybridized carbons (Fsp3) is 0.516. The lowest BCUT2D eigenvalue weighted by molar-refractivity contribution is -0.136. The molecule has 2 heterocycles. The Morgan fingerprint density at radius 3 is 2.69 bits per heavy atom. The van der Waals surface area contributed by atoms with Gasteiger partial charge in [0, 0.05) is 42.8 Å². The maximum absolute atomic E-state index is 13.7. The Morgan fingerprint density at radius 2 is 1.97 bits per heavy atom. The summed E-state index contributed by atoms with van der Waals surface area (Å²) in [5.74, 6) is 6.98. The van der Waals surface area contributed by atoms with Crippen LogP contribution in [0.3, 0.4) is 0 Å². The third-order valence-corrected chi connectivity index (χ3v) is 7.73. The first kappa shape index (κ1) is 28.4. The van der Waals surface area contributed by atoms with Crippen molar-refractivity contribution in [3.63, 3.8) is 0 Å². The molecule has 0 bridgehead atoms. The third kappa shape index (κ3) is 6.90. The van der Waals surface area contributed by atoms with Crippen LogP contribution in [0.25, 0.3) is 0 Å². The number of amides is 2. The molecule has 4 rings (SSSR count). The van der Waals surface area contributed by atoms with Crippen molar-refractivity contribution in [1.82, 2.24) is 14.8 Å². The molecule has 39 heavy (non-hydrogen) atoms. The Bertz CT molecular complexity index is 1230. The molecule has 208 valence electrons. The number of ether oxygens (including phenoxy) is 2. The first-order valence-corrected chi connectivity index (χ1v) is 13.8. The Morgan fingerprint density at radius 1 is 1.23 bits per heavy atom. The zero-order chi connectivity index (χ0) is 27.9. The van der Waals surface area contributed by atoms with Crippen molar-refractivity contribution in [3.05, 3.63) is 53.2 Å². The van der Waals surface area contributed by atoms with E-state index < -0.39 is 0 Å². The lowest BCUT2D eigenvalue weighted by Gasteiger charge is -2.38. The zero-order valence-corrected chi connectivity index (χ0v) is 23.4. The van der Waals surface area contributed by atoms with E-state index in [1.165, 1.54) is 6.42 Å². The molecule has 2 amide bonds. The van der Waals surface area contributed by atoms with Crippen LogP contribution >= 0.6 is 0 Å². The van der Waals surface area contributed by atoms with Gasteiger partial charge in [-0.05, 0) is 44.0 Å². The van der Waals surface area contributed by atoms with E-state index in [0.717, 1.165) is 31.2 Å². The second-order valence-corrected chi connectivity index (χ2v) is 10.7. The predicted molar refractivity (Wildman–Crippen MR) is 149 cm³/mol. The van der Waals surface area contributed by atoms with Crippen LogP contribution in [-0.4, -0.2) is 77.7 Å². The minimum Gasteiger partial charge on any atom is -0.497 e. The van der Waals surface area contributed by atoms with Crippen molar-refractivity contribution in [2.45, 2.75) is 58.1 Å². The number of aliphatic hydroxyl groups excluding tert-OH is 1. The molecule has 1 aromatic carbocycles. The third-order valence-electron chi connectivity index (χ3n) is 7.73. The minimum absolute atomic E-state index is 0.0659. The number of nitrogens with zero attached hydrogens (tertiary/aromatic N) is 3. The van der Waals surface area contributed by atoms with Gasteiger partial charge in [0.05, 0.1) is 26.3 Å². The van der Waals surface area contributed by atoms with Gasteiger partial charge >= 0.3 is 0 Å². The largest absolute Gasteiger partial charge is 0.497 e. The number of methoxy groups -OCH3 is 1. The van der Waals surface area contributed by atoms with Crippen molar-refractivity contribution in [2.75, 3.05) is 33.9 Å². The van der Waals surface area contributed by atoms with E-state index in [0.29, 0.717) is 30.0 Å². The first-order valence-electron chi connectivity index (χ1n) is 13.8. The molecule has 1 fully saturated rings. The number of likely N-dealkylation sites (N-methyl/N-ethyl adjacent to an activating group) is 1. The number of carbonyl (C=O) groups excluding carboxylic acids is 2. The molecule has 2 aromatic rings. The summed E-state index contributed by atoms with van der Waals surface area (Å²) in [6.45, 7) is 4.44. The van der Waals surface area contributed by atoms with E-state index in [2.05, 4.69) is 16.8 Å². The number of hydrogen-bond acceptors (Lipinski definition) is 6. The molecular formula is C31H39N3O5. The summed E-state index contributed by atoms with van der Waals surface area (Å²) in [5.41, 5.74) is 1.64. The molecule has 3 atom stereocenters. The maximum atomic E-state index is 13.7. The fourth-order valence-corrected chi connectivity index (χ4v) is 5.25. The van der Waals surface area contributed by atoms with E-state index in [1.807, 2.05) is 45.2 Å². The summed E-state index contributed by atoms with van der Waals surface area (Å²) in [6, 6.07) is 8.74. The fourth-order valence-electron chi connectivity index (χ4n) is 5.25. The van der Waals surface area contributed by atoms with Gasteiger partial charge in [-0.15, -0.1) is 0 Å². The van der Waals surface area contributed by atoms with Gasteiger partial charge < -0.3 is 24.4 Å². The summed E-state index contributed by atoms with van der Waals surface area (Å²) in [7, 11) is 3.44. The van der Waals surface area contributed by atoms with Crippen LogP contribution in [0.1, 0.15) is 67.4 Å². The lowest BCUT2D eigenvalue weighted by atomic mass is 9.88. The monoisotopic (exact) mass is 533 g/mol. The molecule has 0 unspecified atom stereocenters. The highest BCUT2D eigenvalue weighted by atomic mass is 16.5. The van der Waals surface area contributed by atoms with E-state index in [1.54, 1.807) is 29.2 Å². The average molecular weight is 534 g/mol. The number of hydrogen-bond donors (Lipinski definition) is 1. The van der Waals surface area contributed by atoms with Crippen molar-refractivity contribution in [1.29, 1.82) is 0 Å². The smallest absolute Gasteiger partial charge is 0.259 e. The Labute approximate surface area is 231 Å². The van der Waals surface area contributed by atoms with Gasteiger partial charge in [0.1, 0.15) is 17.4 Å². The summed E-state index contributed by atoms with van der Waals surface area (Å²) in [4.78, 5) is 34.8. The topological polar surface area (TPSA) is 92.2 Å². The van der Waals surface area contributed by atoms with Crippen LogP contribution in [0, 0.1) is 23.7 Å². The lowest BCUT2D eigenvalue weighted by Crippen LogP contribution is -2.51. The maximum Gasteiger partial charge on any atom is 0.259 e. The first-order chi connectivity index (χ1) is 18.8. The second-order valence-electron chi connectivity index (χ2n) is 10.7. The highest BCUT2D eigenvalue weighted by molar-refractivity contribution is 5.97. The normalized spacial score (nSPS) is 20.4. The summed E-state index contributed by atoms with van der Waals surface area (Å²) >= 11 is 0. The minimum atomic E-state index is -0.389. The average Bonchev–Trinajstić information content (AvgIpc) is 2.97. The Kier molecular flexibility index (Phi) is 9.47. The molecule has 2 aliphatic rings. The number of fused-ring (bicyclic) bond motifs is 1. The van der Waals surface area contributed by atoms with Gasteiger partial charge in [-0.1, -0.05) is 44.1 Å². The molecule has 0 spiro atoms. The number of pyridine rings is 1. The molecular weight excluding hydrogens is 494 g/mol. The SMILES string of the molecule is COc1cccc(C#Cc2cnc3c(c2)C(=O)N([C@H](C)CO)C[C@H](C)[C@@H](CN(C)C(=O)C2CCCCC2)O3)c1. The van der Waals surface area contributed by atoms with Crippen LogP contribution in [0.15, 0.2) is 36.5 Å². The predicted octanol–water partition coefficient (Wildman–Crippen LogP) is 3.75. The number of aromatic nitrogens is 1. The highest BCUT2D eigenvalue weighted by Crippen LogP contribution is 2.29. The Hall–Kier alpha value is -3.57. The summed E-state index contributed by atoms with van der Waals surface area (Å²) in [5, 5.41) is 9.91. The van der Waals surface area contributed by atoms with Gasteiger partial charge in [0.2, 0.25) is 11.8 Å². The standard InChI is InChI=1S/C31H39N3O5/c1-21-18-34(22(2)20-35)31(37)27-16-24(14-13-23-9-8-12-26(15-23)38-4)17-32-29(27)39-28(21)19-33(3)30(36)25-10-6-5-7-11-25/h8-9,12,15-17,21-22,25,28,35H,5-7,10-11,18-20H2,1-4H3/t21-,22+,28+/m0/s1. The van der Waals surface area contributed by atoms with Crippen LogP contribution in [0.4, 0.5) is 0 Å². The number of aliphatic hydroxyl groups is 1. The van der Waals surface area contributed by atoms with Crippen LogP contribution in [0.5, 0.6) is 11.6 Å². The highest BCUT2D eigenvalue weighted by Gasteiger charge is 2.35. The molecule has 1 aliphatic heterocycles. The molecule has 0 saturated heterocycles. The van der Waals surface area contributed by atoms with Gasteiger partial charge in [0.25, 0.3) is 5.91 Å². The quantitative estimate of drug-likeness (QED) is 0.569. The molecule has 0 radical (unpaired) electrons. The second kappa shape index (κ2) is 13.0. The number of carbonyl (C=O) groups is 2. The summed E-state index contributed by atoms with van der Waals surface area (Å²) in [6.07, 6.45) is 6.48. The molecule has 1 N–H and O–H groups in total. The van der Waals surface area contributed by atoms with Gasteiger partial charge in [-0.25, -0.2) is 4.98 Å². The molecule has 1 aromatic heterocycles. The Balaban J connectivity index is 1.62. The van der Waals surface area contributed by atoms with Crippen molar-refractivity contribution in [3.8, 4) is 23.5 Å². The van der Waals surface area contributed by atoms with Crippen molar-refractivity contribution >= 4 is 11.8 Å². The van der Waals surface area contributed by atoms with Crippen LogP contribution in [-0.2, 0) is 4.79 Å². The number of benzene rings is 1. The van der Waals surface area contributed by atoms with E-state index in [9.17, 15) is 14.7 Å². The molecule has 1 aliphatic carbocycles. The van der Waals surface area contributed by atoms with Crippen LogP contribution < -0.4 is 9.47 Å². The van der Waals surface area contributed by atoms with E-state index in [-0.39, 0.29) is 48.3 Å². The number of rotatable bonds is 6. The van der Waals surface area contributed by atoms with Gasteiger partial charge in [0.15, 0.2) is 0 Å². The van der Waals surface area contributed by atoms with Gasteiger partial charge in [-0.2, -0.15) is 0 Å². The van der Waals surface area contributed by atoms with Crippen molar-refractivity contribution in [2.24, 2.45) is 11.8 Å². The molecule has 8 nitrogen and oxygen atoms in total. The molecule has 1 saturated carbocycles. The molecule has 8 heteroatoms.